The summed E-state index contributed by atoms with van der Waals surface area (Å²) in [6, 6.07) is 4.83. The van der Waals surface area contributed by atoms with Crippen LogP contribution in [0.15, 0.2) is 34.5 Å². The molecule has 1 amide bonds. The number of methoxy groups -OCH3 is 2. The molecule has 0 bridgehead atoms. The molecular formula is C22H25Cl2N3O6. The summed E-state index contributed by atoms with van der Waals surface area (Å²) in [5.41, 5.74) is 0.298. The number of hydrogen-bond acceptors (Lipinski definition) is 8. The molecule has 0 heterocycles. The van der Waals surface area contributed by atoms with Gasteiger partial charge >= 0.3 is 0 Å². The Balaban J connectivity index is 2.44. The SMILES string of the molecule is CCOc1ccc(Cl)c(NC(=O)C(N=Nc2c(OC)ccc(Cl)c2OC)C(C)=O)c1OCC. The minimum absolute atomic E-state index is 0.137. The van der Waals surface area contributed by atoms with E-state index < -0.39 is 17.7 Å². The number of ether oxygens (including phenoxy) is 4. The molecule has 0 aromatic heterocycles. The first kappa shape index (κ1) is 26.2. The van der Waals surface area contributed by atoms with Gasteiger partial charge in [-0.15, -0.1) is 5.11 Å². The summed E-state index contributed by atoms with van der Waals surface area (Å²) in [5.74, 6) is -0.178. The van der Waals surface area contributed by atoms with Gasteiger partial charge in [-0.25, -0.2) is 0 Å². The third kappa shape index (κ3) is 6.27. The Morgan fingerprint density at radius 1 is 0.939 bits per heavy atom. The second kappa shape index (κ2) is 12.3. The highest BCUT2D eigenvalue weighted by Crippen LogP contribution is 2.43. The first-order valence-corrected chi connectivity index (χ1v) is 10.7. The first-order chi connectivity index (χ1) is 15.8. The van der Waals surface area contributed by atoms with Gasteiger partial charge in [0.25, 0.3) is 5.91 Å². The van der Waals surface area contributed by atoms with Crippen LogP contribution in [-0.4, -0.2) is 45.2 Å². The number of carbonyl (C=O) groups excluding carboxylic acids is 2. The first-order valence-electron chi connectivity index (χ1n) is 9.99. The summed E-state index contributed by atoms with van der Waals surface area (Å²) in [6.45, 7) is 5.49. The lowest BCUT2D eigenvalue weighted by atomic mass is 10.2. The van der Waals surface area contributed by atoms with E-state index in [0.717, 1.165) is 0 Å². The number of nitrogens with one attached hydrogen (secondary N) is 1. The quantitative estimate of drug-likeness (QED) is 0.324. The van der Waals surface area contributed by atoms with Gasteiger partial charge in [-0.1, -0.05) is 23.2 Å². The molecule has 0 saturated heterocycles. The van der Waals surface area contributed by atoms with Gasteiger partial charge in [0.1, 0.15) is 11.4 Å². The number of benzene rings is 2. The van der Waals surface area contributed by atoms with Crippen molar-refractivity contribution in [3.05, 3.63) is 34.3 Å². The number of nitrogens with zero attached hydrogens (tertiary/aromatic N) is 2. The molecule has 0 aliphatic heterocycles. The van der Waals surface area contributed by atoms with Crippen LogP contribution in [0.25, 0.3) is 0 Å². The Kier molecular flexibility index (Phi) is 9.74. The molecule has 0 saturated carbocycles. The molecule has 2 rings (SSSR count). The monoisotopic (exact) mass is 497 g/mol. The van der Waals surface area contributed by atoms with E-state index in [-0.39, 0.29) is 32.9 Å². The average molecular weight is 498 g/mol. The van der Waals surface area contributed by atoms with Gasteiger partial charge in [-0.2, -0.15) is 5.11 Å². The zero-order chi connectivity index (χ0) is 24.5. The van der Waals surface area contributed by atoms with Gasteiger partial charge in [0.15, 0.2) is 28.7 Å². The molecule has 0 aliphatic carbocycles. The number of hydrogen-bond donors (Lipinski definition) is 1. The second-order valence-electron chi connectivity index (χ2n) is 6.47. The van der Waals surface area contributed by atoms with Gasteiger partial charge in [-0.05, 0) is 45.0 Å². The maximum atomic E-state index is 13.0. The molecule has 11 heteroatoms. The molecule has 0 aliphatic rings. The molecule has 33 heavy (non-hydrogen) atoms. The minimum atomic E-state index is -1.49. The molecule has 0 spiro atoms. The molecule has 0 fully saturated rings. The van der Waals surface area contributed by atoms with Crippen LogP contribution < -0.4 is 24.3 Å². The maximum Gasteiger partial charge on any atom is 0.258 e. The highest BCUT2D eigenvalue weighted by molar-refractivity contribution is 6.34. The third-order valence-electron chi connectivity index (χ3n) is 4.28. The molecule has 1 N–H and O–H groups in total. The molecule has 2 aromatic rings. The van der Waals surface area contributed by atoms with E-state index in [1.54, 1.807) is 31.2 Å². The van der Waals surface area contributed by atoms with E-state index >= 15 is 0 Å². The molecule has 2 aromatic carbocycles. The lowest BCUT2D eigenvalue weighted by molar-refractivity contribution is -0.126. The van der Waals surface area contributed by atoms with Gasteiger partial charge in [0.05, 0.1) is 37.5 Å². The number of anilines is 1. The molecule has 0 radical (unpaired) electrons. The van der Waals surface area contributed by atoms with Crippen molar-refractivity contribution in [1.29, 1.82) is 0 Å². The highest BCUT2D eigenvalue weighted by atomic mass is 35.5. The van der Waals surface area contributed by atoms with Crippen molar-refractivity contribution in [3.8, 4) is 23.0 Å². The molecule has 9 nitrogen and oxygen atoms in total. The summed E-state index contributed by atoms with van der Waals surface area (Å²) in [6.07, 6.45) is 0. The van der Waals surface area contributed by atoms with Crippen molar-refractivity contribution in [2.24, 2.45) is 10.2 Å². The smallest absolute Gasteiger partial charge is 0.258 e. The van der Waals surface area contributed by atoms with E-state index in [2.05, 4.69) is 15.5 Å². The number of ketones is 1. The van der Waals surface area contributed by atoms with Gasteiger partial charge in [0.2, 0.25) is 6.04 Å². The van der Waals surface area contributed by atoms with Crippen molar-refractivity contribution in [2.45, 2.75) is 26.8 Å². The summed E-state index contributed by atoms with van der Waals surface area (Å²) in [5, 5.41) is 11.1. The highest BCUT2D eigenvalue weighted by Gasteiger charge is 2.27. The van der Waals surface area contributed by atoms with E-state index in [1.165, 1.54) is 21.1 Å². The molecule has 1 unspecified atom stereocenters. The Morgan fingerprint density at radius 2 is 1.58 bits per heavy atom. The maximum absolute atomic E-state index is 13.0. The van der Waals surface area contributed by atoms with Crippen LogP contribution in [0, 0.1) is 0 Å². The lowest BCUT2D eigenvalue weighted by Crippen LogP contribution is -2.32. The largest absolute Gasteiger partial charge is 0.494 e. The lowest BCUT2D eigenvalue weighted by Gasteiger charge is -2.18. The number of carbonyl (C=O) groups is 2. The number of Topliss-reactive ketones (excluding diaryl/α,β-unsaturated/α-hetero) is 1. The van der Waals surface area contributed by atoms with Crippen molar-refractivity contribution >= 4 is 46.3 Å². The van der Waals surface area contributed by atoms with Crippen LogP contribution in [0.1, 0.15) is 20.8 Å². The zero-order valence-electron chi connectivity index (χ0n) is 18.9. The van der Waals surface area contributed by atoms with E-state index in [4.69, 9.17) is 42.1 Å². The Bertz CT molecular complexity index is 1050. The number of azo groups is 1. The van der Waals surface area contributed by atoms with E-state index in [9.17, 15) is 9.59 Å². The number of amides is 1. The van der Waals surface area contributed by atoms with E-state index in [0.29, 0.717) is 24.7 Å². The van der Waals surface area contributed by atoms with E-state index in [1.807, 2.05) is 6.92 Å². The minimum Gasteiger partial charge on any atom is -0.494 e. The topological polar surface area (TPSA) is 108 Å². The standard InChI is InChI=1S/C22H25Cl2N3O6/c1-6-32-16-11-8-13(23)18(21(16)33-7-2)25-22(29)17(12(3)28)26-27-19-15(30-4)10-9-14(24)20(19)31-5/h8-11,17H,6-7H2,1-5H3,(H,25,29). The average Bonchev–Trinajstić information content (AvgIpc) is 2.78. The van der Waals surface area contributed by atoms with Gasteiger partial charge in [0, 0.05) is 0 Å². The zero-order valence-corrected chi connectivity index (χ0v) is 20.4. The fourth-order valence-electron chi connectivity index (χ4n) is 2.82. The summed E-state index contributed by atoms with van der Waals surface area (Å²) < 4.78 is 21.7. The van der Waals surface area contributed by atoms with Crippen molar-refractivity contribution in [1.82, 2.24) is 0 Å². The van der Waals surface area contributed by atoms with Crippen molar-refractivity contribution < 1.29 is 28.5 Å². The van der Waals surface area contributed by atoms with Gasteiger partial charge < -0.3 is 24.3 Å². The van der Waals surface area contributed by atoms with Crippen molar-refractivity contribution in [2.75, 3.05) is 32.8 Å². The number of halogens is 2. The third-order valence-corrected chi connectivity index (χ3v) is 4.90. The predicted octanol–water partition coefficient (Wildman–Crippen LogP) is 5.49. The molecule has 178 valence electrons. The number of rotatable bonds is 11. The summed E-state index contributed by atoms with van der Waals surface area (Å²) in [7, 11) is 2.83. The fourth-order valence-corrected chi connectivity index (χ4v) is 3.25. The Morgan fingerprint density at radius 3 is 2.15 bits per heavy atom. The molecular weight excluding hydrogens is 473 g/mol. The van der Waals surface area contributed by atoms with Crippen molar-refractivity contribution in [3.63, 3.8) is 0 Å². The predicted molar refractivity (Wildman–Crippen MR) is 126 cm³/mol. The van der Waals surface area contributed by atoms with Crippen LogP contribution in [0.3, 0.4) is 0 Å². The Labute approximate surface area is 202 Å². The molecule has 1 atom stereocenters. The summed E-state index contributed by atoms with van der Waals surface area (Å²) in [4.78, 5) is 25.2. The second-order valence-corrected chi connectivity index (χ2v) is 7.28. The van der Waals surface area contributed by atoms with Crippen LogP contribution >= 0.6 is 23.2 Å². The van der Waals surface area contributed by atoms with Crippen LogP contribution in [0.5, 0.6) is 23.0 Å². The Hall–Kier alpha value is -3.04. The van der Waals surface area contributed by atoms with Crippen LogP contribution in [0.4, 0.5) is 11.4 Å². The van der Waals surface area contributed by atoms with Crippen LogP contribution in [0.2, 0.25) is 10.0 Å². The normalized spacial score (nSPS) is 11.7. The van der Waals surface area contributed by atoms with Gasteiger partial charge in [-0.3, -0.25) is 9.59 Å². The summed E-state index contributed by atoms with van der Waals surface area (Å²) >= 11 is 12.4. The van der Waals surface area contributed by atoms with Crippen LogP contribution in [-0.2, 0) is 9.59 Å². The fraction of sp³-hybridized carbons (Fsp3) is 0.364.